The van der Waals surface area contributed by atoms with Crippen LogP contribution in [0.25, 0.3) is 0 Å². The second-order valence-corrected chi connectivity index (χ2v) is 5.54. The lowest BCUT2D eigenvalue weighted by atomic mass is 10.00. The van der Waals surface area contributed by atoms with Crippen molar-refractivity contribution in [2.75, 3.05) is 17.2 Å². The van der Waals surface area contributed by atoms with E-state index < -0.39 is 10.5 Å². The molecule has 0 saturated heterocycles. The number of aliphatic hydroxyl groups is 1. The number of nitrogens with zero attached hydrogens (tertiary/aromatic N) is 1. The van der Waals surface area contributed by atoms with Crippen LogP contribution in [0.5, 0.6) is 0 Å². The average molecular weight is 293 g/mol. The predicted octanol–water partition coefficient (Wildman–Crippen LogP) is 2.05. The van der Waals surface area contributed by atoms with Gasteiger partial charge in [0.05, 0.1) is 16.2 Å². The third-order valence-corrected chi connectivity index (χ3v) is 3.74. The zero-order chi connectivity index (χ0) is 15.6. The highest BCUT2D eigenvalue weighted by Crippen LogP contribution is 2.34. The summed E-state index contributed by atoms with van der Waals surface area (Å²) >= 11 is 0. The van der Waals surface area contributed by atoms with E-state index in [-0.39, 0.29) is 18.1 Å². The van der Waals surface area contributed by atoms with Gasteiger partial charge in [-0.2, -0.15) is 0 Å². The molecule has 114 valence electrons. The summed E-state index contributed by atoms with van der Waals surface area (Å²) in [7, 11) is 0. The molecule has 1 amide bonds. The summed E-state index contributed by atoms with van der Waals surface area (Å²) in [6.45, 7) is 3.73. The van der Waals surface area contributed by atoms with Gasteiger partial charge in [0, 0.05) is 19.0 Å². The summed E-state index contributed by atoms with van der Waals surface area (Å²) in [5, 5.41) is 26.8. The van der Waals surface area contributed by atoms with E-state index >= 15 is 0 Å². The second-order valence-electron chi connectivity index (χ2n) is 5.54. The smallest absolute Gasteiger partial charge is 0.294 e. The van der Waals surface area contributed by atoms with Crippen LogP contribution in [0.15, 0.2) is 12.1 Å². The van der Waals surface area contributed by atoms with Gasteiger partial charge in [-0.25, -0.2) is 0 Å². The van der Waals surface area contributed by atoms with Crippen LogP contribution in [0.2, 0.25) is 0 Å². The topological polar surface area (TPSA) is 104 Å². The predicted molar refractivity (Wildman–Crippen MR) is 79.5 cm³/mol. The summed E-state index contributed by atoms with van der Waals surface area (Å²) in [6.07, 6.45) is 1.46. The highest BCUT2D eigenvalue weighted by Gasteiger charge is 2.24. The van der Waals surface area contributed by atoms with E-state index in [1.165, 1.54) is 6.07 Å². The molecule has 0 bridgehead atoms. The molecular formula is C14H19N3O4. The molecule has 2 rings (SSSR count). The Morgan fingerprint density at radius 2 is 2.19 bits per heavy atom. The molecule has 3 N–H and O–H groups in total. The van der Waals surface area contributed by atoms with E-state index in [0.29, 0.717) is 30.6 Å². The van der Waals surface area contributed by atoms with Crippen LogP contribution in [-0.4, -0.2) is 28.1 Å². The molecule has 0 fully saturated rings. The highest BCUT2D eigenvalue weighted by atomic mass is 16.6. The van der Waals surface area contributed by atoms with Crippen molar-refractivity contribution in [3.63, 3.8) is 0 Å². The van der Waals surface area contributed by atoms with Crippen molar-refractivity contribution in [3.8, 4) is 0 Å². The number of rotatable bonds is 5. The number of aryl methyl sites for hydroxylation is 1. The summed E-state index contributed by atoms with van der Waals surface area (Å²) in [6, 6.07) is 3.05. The first-order valence-electron chi connectivity index (χ1n) is 6.90. The van der Waals surface area contributed by atoms with Crippen molar-refractivity contribution in [1.29, 1.82) is 0 Å². The number of carbonyl (C=O) groups is 1. The van der Waals surface area contributed by atoms with Crippen LogP contribution in [0.3, 0.4) is 0 Å². The number of fused-ring (bicyclic) bond motifs is 1. The Bertz CT molecular complexity index is 584. The number of nitrogens with one attached hydrogen (secondary N) is 2. The number of amides is 1. The molecule has 1 aliphatic rings. The molecule has 1 unspecified atom stereocenters. The summed E-state index contributed by atoms with van der Waals surface area (Å²) in [4.78, 5) is 22.0. The molecule has 7 nitrogen and oxygen atoms in total. The fourth-order valence-electron chi connectivity index (χ4n) is 2.12. The van der Waals surface area contributed by atoms with Gasteiger partial charge in [0.25, 0.3) is 5.69 Å². The molecule has 1 heterocycles. The minimum Gasteiger partial charge on any atom is -0.388 e. The second kappa shape index (κ2) is 5.69. The Labute approximate surface area is 122 Å². The molecule has 0 radical (unpaired) electrons. The third kappa shape index (κ3) is 3.49. The van der Waals surface area contributed by atoms with Crippen molar-refractivity contribution < 1.29 is 14.8 Å². The Hall–Kier alpha value is -2.15. The van der Waals surface area contributed by atoms with E-state index in [4.69, 9.17) is 0 Å². The van der Waals surface area contributed by atoms with Gasteiger partial charge in [0.1, 0.15) is 5.69 Å². The lowest BCUT2D eigenvalue weighted by molar-refractivity contribution is -0.383. The molecule has 1 aromatic rings. The maximum Gasteiger partial charge on any atom is 0.294 e. The Balaban J connectivity index is 2.31. The quantitative estimate of drug-likeness (QED) is 0.569. The van der Waals surface area contributed by atoms with Crippen molar-refractivity contribution in [3.05, 3.63) is 27.8 Å². The van der Waals surface area contributed by atoms with Crippen molar-refractivity contribution in [2.24, 2.45) is 0 Å². The molecule has 1 aromatic carbocycles. The van der Waals surface area contributed by atoms with Gasteiger partial charge < -0.3 is 15.7 Å². The first-order valence-corrected chi connectivity index (χ1v) is 6.90. The van der Waals surface area contributed by atoms with E-state index in [1.807, 2.05) is 6.92 Å². The molecule has 0 aliphatic carbocycles. The Kier molecular flexibility index (Phi) is 4.13. The van der Waals surface area contributed by atoms with Crippen LogP contribution in [0.4, 0.5) is 17.1 Å². The zero-order valence-corrected chi connectivity index (χ0v) is 12.1. The molecule has 7 heteroatoms. The first kappa shape index (κ1) is 15.2. The van der Waals surface area contributed by atoms with Gasteiger partial charge in [-0.15, -0.1) is 0 Å². The van der Waals surface area contributed by atoms with Crippen molar-refractivity contribution in [1.82, 2.24) is 0 Å². The number of carbonyl (C=O) groups excluding carboxylic acids is 1. The third-order valence-electron chi connectivity index (χ3n) is 3.74. The van der Waals surface area contributed by atoms with Crippen molar-refractivity contribution >= 4 is 23.0 Å². The normalized spacial score (nSPS) is 16.6. The van der Waals surface area contributed by atoms with E-state index in [9.17, 15) is 20.0 Å². The maximum absolute atomic E-state index is 11.4. The number of nitro benzene ring substituents is 1. The van der Waals surface area contributed by atoms with Gasteiger partial charge in [-0.3, -0.25) is 14.9 Å². The van der Waals surface area contributed by atoms with Crippen molar-refractivity contribution in [2.45, 2.75) is 38.7 Å². The van der Waals surface area contributed by atoms with Gasteiger partial charge in [0.2, 0.25) is 5.91 Å². The largest absolute Gasteiger partial charge is 0.388 e. The van der Waals surface area contributed by atoms with Gasteiger partial charge in [-0.1, -0.05) is 6.92 Å². The lowest BCUT2D eigenvalue weighted by Gasteiger charge is -2.23. The highest BCUT2D eigenvalue weighted by molar-refractivity contribution is 5.95. The number of benzene rings is 1. The Morgan fingerprint density at radius 1 is 1.48 bits per heavy atom. The van der Waals surface area contributed by atoms with E-state index in [0.717, 1.165) is 5.56 Å². The average Bonchev–Trinajstić information content (AvgIpc) is 2.44. The van der Waals surface area contributed by atoms with Crippen LogP contribution in [0, 0.1) is 10.1 Å². The standard InChI is InChI=1S/C14H19N3O4/c1-3-14(2,19)8-15-11-6-9-4-5-13(18)16-10(9)7-12(11)17(20)21/h6-7,15,19H,3-5,8H2,1-2H3,(H,16,18). The summed E-state index contributed by atoms with van der Waals surface area (Å²) < 4.78 is 0. The molecular weight excluding hydrogens is 274 g/mol. The van der Waals surface area contributed by atoms with Crippen LogP contribution < -0.4 is 10.6 Å². The maximum atomic E-state index is 11.4. The lowest BCUT2D eigenvalue weighted by Crippen LogP contribution is -2.32. The molecule has 0 aromatic heterocycles. The summed E-state index contributed by atoms with van der Waals surface area (Å²) in [5.41, 5.74) is 0.675. The van der Waals surface area contributed by atoms with Crippen LogP contribution >= 0.6 is 0 Å². The molecule has 1 atom stereocenters. The van der Waals surface area contributed by atoms with E-state index in [2.05, 4.69) is 10.6 Å². The number of hydrogen-bond acceptors (Lipinski definition) is 5. The molecule has 1 aliphatic heterocycles. The minimum atomic E-state index is -0.933. The van der Waals surface area contributed by atoms with Gasteiger partial charge in [-0.05, 0) is 31.4 Å². The van der Waals surface area contributed by atoms with Crippen LogP contribution in [-0.2, 0) is 11.2 Å². The van der Waals surface area contributed by atoms with Gasteiger partial charge >= 0.3 is 0 Å². The first-order chi connectivity index (χ1) is 9.82. The van der Waals surface area contributed by atoms with Crippen LogP contribution in [0.1, 0.15) is 32.3 Å². The number of hydrogen-bond donors (Lipinski definition) is 3. The Morgan fingerprint density at radius 3 is 2.81 bits per heavy atom. The molecule has 21 heavy (non-hydrogen) atoms. The number of nitro groups is 1. The van der Waals surface area contributed by atoms with Gasteiger partial charge in [0.15, 0.2) is 0 Å². The SMILES string of the molecule is CCC(C)(O)CNc1cc2c(cc1[N+](=O)[O-])NC(=O)CC2. The van der Waals surface area contributed by atoms with E-state index in [1.54, 1.807) is 13.0 Å². The zero-order valence-electron chi connectivity index (χ0n) is 12.1. The molecule has 0 spiro atoms. The summed E-state index contributed by atoms with van der Waals surface area (Å²) in [5.74, 6) is -0.133. The molecule has 0 saturated carbocycles. The fourth-order valence-corrected chi connectivity index (χ4v) is 2.12. The number of anilines is 2. The fraction of sp³-hybridized carbons (Fsp3) is 0.500. The monoisotopic (exact) mass is 293 g/mol. The minimum absolute atomic E-state index is 0.108.